The standard InChI is InChI=1S/C20H42N2/c1-3-5-7-9-10-12-14-20(13-11-8-6-4-2)19-22-17-15-21-16-18-22/h20-21H,3-19H2,1-2H3. The van der Waals surface area contributed by atoms with E-state index < -0.39 is 0 Å². The fourth-order valence-corrected chi connectivity index (χ4v) is 3.66. The molecule has 22 heavy (non-hydrogen) atoms. The first-order valence-corrected chi connectivity index (χ1v) is 10.3. The van der Waals surface area contributed by atoms with E-state index >= 15 is 0 Å². The summed E-state index contributed by atoms with van der Waals surface area (Å²) in [5, 5.41) is 3.48. The van der Waals surface area contributed by atoms with Crippen LogP contribution in [-0.2, 0) is 0 Å². The Morgan fingerprint density at radius 2 is 1.23 bits per heavy atom. The third-order valence-corrected chi connectivity index (χ3v) is 5.16. The predicted molar refractivity (Wildman–Crippen MR) is 99.6 cm³/mol. The zero-order chi connectivity index (χ0) is 15.9. The van der Waals surface area contributed by atoms with Crippen molar-refractivity contribution in [2.24, 2.45) is 5.92 Å². The summed E-state index contributed by atoms with van der Waals surface area (Å²) in [6.07, 6.45) is 17.3. The Labute approximate surface area is 140 Å². The molecule has 2 nitrogen and oxygen atoms in total. The molecule has 0 radical (unpaired) electrons. The van der Waals surface area contributed by atoms with Gasteiger partial charge in [0.05, 0.1) is 0 Å². The van der Waals surface area contributed by atoms with E-state index in [1.165, 1.54) is 110 Å². The van der Waals surface area contributed by atoms with Gasteiger partial charge in [0.2, 0.25) is 0 Å². The van der Waals surface area contributed by atoms with Crippen LogP contribution < -0.4 is 5.32 Å². The maximum Gasteiger partial charge on any atom is 0.0107 e. The molecule has 1 aliphatic heterocycles. The van der Waals surface area contributed by atoms with Crippen LogP contribution in [0.25, 0.3) is 0 Å². The Balaban J connectivity index is 2.17. The van der Waals surface area contributed by atoms with Crippen LogP contribution in [0.3, 0.4) is 0 Å². The molecule has 132 valence electrons. The van der Waals surface area contributed by atoms with Gasteiger partial charge in [-0.1, -0.05) is 78.1 Å². The van der Waals surface area contributed by atoms with Crippen molar-refractivity contribution in [3.05, 3.63) is 0 Å². The summed E-state index contributed by atoms with van der Waals surface area (Å²) in [4.78, 5) is 2.71. The molecule has 0 aromatic carbocycles. The molecular formula is C20H42N2. The molecule has 0 bridgehead atoms. The first-order chi connectivity index (χ1) is 10.9. The van der Waals surface area contributed by atoms with Crippen molar-refractivity contribution in [3.8, 4) is 0 Å². The van der Waals surface area contributed by atoms with Gasteiger partial charge in [0.1, 0.15) is 0 Å². The van der Waals surface area contributed by atoms with Gasteiger partial charge in [-0.15, -0.1) is 0 Å². The van der Waals surface area contributed by atoms with Gasteiger partial charge < -0.3 is 10.2 Å². The molecule has 1 N–H and O–H groups in total. The number of piperazine rings is 1. The van der Waals surface area contributed by atoms with Crippen LogP contribution in [0.5, 0.6) is 0 Å². The second kappa shape index (κ2) is 14.5. The molecule has 0 aliphatic carbocycles. The lowest BCUT2D eigenvalue weighted by molar-refractivity contribution is 0.191. The van der Waals surface area contributed by atoms with Crippen LogP contribution in [0.4, 0.5) is 0 Å². The van der Waals surface area contributed by atoms with Crippen LogP contribution >= 0.6 is 0 Å². The third kappa shape index (κ3) is 10.6. The van der Waals surface area contributed by atoms with E-state index in [0.29, 0.717) is 0 Å². The summed E-state index contributed by atoms with van der Waals surface area (Å²) in [5.41, 5.74) is 0. The zero-order valence-corrected chi connectivity index (χ0v) is 15.5. The minimum atomic E-state index is 0.959. The van der Waals surface area contributed by atoms with E-state index in [9.17, 15) is 0 Å². The Morgan fingerprint density at radius 1 is 0.727 bits per heavy atom. The quantitative estimate of drug-likeness (QED) is 0.442. The summed E-state index contributed by atoms with van der Waals surface area (Å²) >= 11 is 0. The average Bonchev–Trinajstić information content (AvgIpc) is 2.55. The second-order valence-corrected chi connectivity index (χ2v) is 7.32. The van der Waals surface area contributed by atoms with Crippen molar-refractivity contribution < 1.29 is 0 Å². The minimum Gasteiger partial charge on any atom is -0.314 e. The summed E-state index contributed by atoms with van der Waals surface area (Å²) in [7, 11) is 0. The fourth-order valence-electron chi connectivity index (χ4n) is 3.66. The molecule has 0 aromatic heterocycles. The lowest BCUT2D eigenvalue weighted by Gasteiger charge is -2.31. The van der Waals surface area contributed by atoms with Crippen LogP contribution in [0.1, 0.15) is 90.9 Å². The van der Waals surface area contributed by atoms with Gasteiger partial charge in [0.15, 0.2) is 0 Å². The highest BCUT2D eigenvalue weighted by Gasteiger charge is 2.15. The largest absolute Gasteiger partial charge is 0.314 e. The molecular weight excluding hydrogens is 268 g/mol. The van der Waals surface area contributed by atoms with Gasteiger partial charge in [-0.05, 0) is 18.8 Å². The van der Waals surface area contributed by atoms with Crippen molar-refractivity contribution in [2.75, 3.05) is 32.7 Å². The van der Waals surface area contributed by atoms with E-state index in [0.717, 1.165) is 5.92 Å². The molecule has 0 spiro atoms. The smallest absolute Gasteiger partial charge is 0.0107 e. The van der Waals surface area contributed by atoms with Crippen molar-refractivity contribution >= 4 is 0 Å². The van der Waals surface area contributed by atoms with Crippen molar-refractivity contribution in [3.63, 3.8) is 0 Å². The molecule has 0 saturated carbocycles. The van der Waals surface area contributed by atoms with Crippen LogP contribution in [0, 0.1) is 5.92 Å². The predicted octanol–water partition coefficient (Wildman–Crippen LogP) is 5.23. The zero-order valence-electron chi connectivity index (χ0n) is 15.5. The van der Waals surface area contributed by atoms with Crippen molar-refractivity contribution in [1.82, 2.24) is 10.2 Å². The molecule has 1 atom stereocenters. The maximum atomic E-state index is 3.48. The van der Waals surface area contributed by atoms with Gasteiger partial charge in [0, 0.05) is 32.7 Å². The second-order valence-electron chi connectivity index (χ2n) is 7.32. The number of unbranched alkanes of at least 4 members (excludes halogenated alkanes) is 8. The van der Waals surface area contributed by atoms with E-state index in [2.05, 4.69) is 24.1 Å². The lowest BCUT2D eigenvalue weighted by Crippen LogP contribution is -2.45. The number of nitrogens with zero attached hydrogens (tertiary/aromatic N) is 1. The van der Waals surface area contributed by atoms with Gasteiger partial charge in [-0.25, -0.2) is 0 Å². The van der Waals surface area contributed by atoms with Gasteiger partial charge >= 0.3 is 0 Å². The van der Waals surface area contributed by atoms with Gasteiger partial charge in [0.25, 0.3) is 0 Å². The lowest BCUT2D eigenvalue weighted by atomic mass is 9.93. The fraction of sp³-hybridized carbons (Fsp3) is 1.00. The van der Waals surface area contributed by atoms with Crippen LogP contribution in [-0.4, -0.2) is 37.6 Å². The van der Waals surface area contributed by atoms with E-state index in [1.54, 1.807) is 0 Å². The summed E-state index contributed by atoms with van der Waals surface area (Å²) in [6.45, 7) is 10.9. The molecule has 1 rings (SSSR count). The molecule has 0 aromatic rings. The van der Waals surface area contributed by atoms with Crippen molar-refractivity contribution in [1.29, 1.82) is 0 Å². The van der Waals surface area contributed by atoms with Crippen LogP contribution in [0.2, 0.25) is 0 Å². The number of nitrogens with one attached hydrogen (secondary N) is 1. The number of hydrogen-bond donors (Lipinski definition) is 1. The minimum absolute atomic E-state index is 0.959. The Hall–Kier alpha value is -0.0800. The highest BCUT2D eigenvalue weighted by Crippen LogP contribution is 2.20. The summed E-state index contributed by atoms with van der Waals surface area (Å²) in [5.74, 6) is 0.959. The molecule has 1 aliphatic rings. The molecule has 1 saturated heterocycles. The average molecular weight is 311 g/mol. The van der Waals surface area contributed by atoms with Gasteiger partial charge in [-0.3, -0.25) is 0 Å². The Morgan fingerprint density at radius 3 is 1.82 bits per heavy atom. The first-order valence-electron chi connectivity index (χ1n) is 10.3. The third-order valence-electron chi connectivity index (χ3n) is 5.16. The van der Waals surface area contributed by atoms with Gasteiger partial charge in [-0.2, -0.15) is 0 Å². The SMILES string of the molecule is CCCCCCCCC(CCCCCC)CN1CCNCC1. The van der Waals surface area contributed by atoms with Crippen LogP contribution in [0.15, 0.2) is 0 Å². The molecule has 1 unspecified atom stereocenters. The van der Waals surface area contributed by atoms with E-state index in [-0.39, 0.29) is 0 Å². The topological polar surface area (TPSA) is 15.3 Å². The van der Waals surface area contributed by atoms with Crippen molar-refractivity contribution in [2.45, 2.75) is 90.9 Å². The number of hydrogen-bond acceptors (Lipinski definition) is 2. The normalized spacial score (nSPS) is 17.7. The molecule has 0 amide bonds. The molecule has 1 heterocycles. The monoisotopic (exact) mass is 310 g/mol. The first kappa shape index (κ1) is 20.0. The molecule has 2 heteroatoms. The summed E-state index contributed by atoms with van der Waals surface area (Å²) < 4.78 is 0. The summed E-state index contributed by atoms with van der Waals surface area (Å²) in [6, 6.07) is 0. The Kier molecular flexibility index (Phi) is 13.2. The Bertz CT molecular complexity index is 224. The van der Waals surface area contributed by atoms with E-state index in [1.807, 2.05) is 0 Å². The van der Waals surface area contributed by atoms with E-state index in [4.69, 9.17) is 0 Å². The highest BCUT2D eigenvalue weighted by molar-refractivity contribution is 4.72. The maximum absolute atomic E-state index is 3.48. The number of rotatable bonds is 14. The highest BCUT2D eigenvalue weighted by atomic mass is 15.2. The molecule has 1 fully saturated rings.